The number of carbonyl (C=O) groups excluding carboxylic acids is 3. The lowest BCUT2D eigenvalue weighted by Crippen LogP contribution is -2.46. The molecule has 0 spiro atoms. The van der Waals surface area contributed by atoms with E-state index in [4.69, 9.17) is 14.2 Å². The van der Waals surface area contributed by atoms with Crippen molar-refractivity contribution in [2.45, 2.75) is 58.5 Å². The zero-order valence-corrected chi connectivity index (χ0v) is 26.1. The van der Waals surface area contributed by atoms with Gasteiger partial charge in [0.1, 0.15) is 17.8 Å². The van der Waals surface area contributed by atoms with Crippen molar-refractivity contribution in [1.29, 1.82) is 0 Å². The van der Waals surface area contributed by atoms with Crippen LogP contribution in [0, 0.1) is 0 Å². The molecule has 0 aliphatic carbocycles. The summed E-state index contributed by atoms with van der Waals surface area (Å²) < 4.78 is 17.8. The van der Waals surface area contributed by atoms with Gasteiger partial charge < -0.3 is 19.1 Å². The van der Waals surface area contributed by atoms with E-state index in [1.165, 1.54) is 20.7 Å². The number of anilines is 2. The van der Waals surface area contributed by atoms with Crippen molar-refractivity contribution in [2.75, 3.05) is 55.9 Å². The van der Waals surface area contributed by atoms with Crippen molar-refractivity contribution >= 4 is 50.6 Å². The first kappa shape index (κ1) is 30.8. The number of aryl methyl sites for hydroxylation is 1. The molecule has 43 heavy (non-hydrogen) atoms. The first-order valence-corrected chi connectivity index (χ1v) is 15.9. The summed E-state index contributed by atoms with van der Waals surface area (Å²) in [7, 11) is 0. The molecule has 2 aromatic carbocycles. The molecule has 1 aromatic heterocycles. The molecule has 0 atom stereocenters. The molecule has 0 N–H and O–H groups in total. The van der Waals surface area contributed by atoms with Crippen LogP contribution in [0.1, 0.15) is 52.0 Å². The van der Waals surface area contributed by atoms with Gasteiger partial charge in [0.15, 0.2) is 6.73 Å². The Balaban J connectivity index is 1.04. The predicted molar refractivity (Wildman–Crippen MR) is 169 cm³/mol. The fraction of sp³-hybridized carbons (Fsp3) is 0.485. The summed E-state index contributed by atoms with van der Waals surface area (Å²) in [5.74, 6) is -0.854. The van der Waals surface area contributed by atoms with Gasteiger partial charge in [-0.05, 0) is 81.8 Å². The first-order chi connectivity index (χ1) is 20.7. The SMILES string of the molecule is CC(C)(C)OC(=O)CC(=O)OCN1C(=O)CCc2ccc(OCCCCN3CCN(c4cccc5sccc45)CC3)cc21. The Labute approximate surface area is 257 Å². The van der Waals surface area contributed by atoms with Crippen molar-refractivity contribution in [2.24, 2.45) is 0 Å². The Bertz CT molecular complexity index is 1440. The maximum Gasteiger partial charge on any atom is 0.318 e. The van der Waals surface area contributed by atoms with Gasteiger partial charge in [0.25, 0.3) is 0 Å². The normalized spacial score (nSPS) is 15.8. The van der Waals surface area contributed by atoms with Crippen LogP contribution in [0.25, 0.3) is 10.1 Å². The molecule has 1 fully saturated rings. The fourth-order valence-corrected chi connectivity index (χ4v) is 6.33. The Kier molecular flexibility index (Phi) is 9.87. The summed E-state index contributed by atoms with van der Waals surface area (Å²) in [4.78, 5) is 43.3. The zero-order chi connectivity index (χ0) is 30.4. The van der Waals surface area contributed by atoms with Crippen LogP contribution in [0.4, 0.5) is 11.4 Å². The third-order valence-corrected chi connectivity index (χ3v) is 8.53. The second-order valence-electron chi connectivity index (χ2n) is 12.0. The minimum atomic E-state index is -0.734. The largest absolute Gasteiger partial charge is 0.494 e. The first-order valence-electron chi connectivity index (χ1n) is 15.0. The van der Waals surface area contributed by atoms with E-state index >= 15 is 0 Å². The molecule has 1 saturated heterocycles. The van der Waals surface area contributed by atoms with Gasteiger partial charge >= 0.3 is 11.9 Å². The number of esters is 2. The highest BCUT2D eigenvalue weighted by atomic mass is 32.1. The smallest absolute Gasteiger partial charge is 0.318 e. The molecule has 9 nitrogen and oxygen atoms in total. The Morgan fingerprint density at radius 3 is 2.53 bits per heavy atom. The Morgan fingerprint density at radius 1 is 0.930 bits per heavy atom. The molecule has 5 rings (SSSR count). The van der Waals surface area contributed by atoms with Gasteiger partial charge in [0.2, 0.25) is 5.91 Å². The number of amides is 1. The van der Waals surface area contributed by atoms with Gasteiger partial charge in [-0.1, -0.05) is 12.1 Å². The maximum absolute atomic E-state index is 12.7. The van der Waals surface area contributed by atoms with Crippen LogP contribution < -0.4 is 14.5 Å². The van der Waals surface area contributed by atoms with Crippen LogP contribution in [0.3, 0.4) is 0 Å². The molecule has 0 bridgehead atoms. The molecule has 1 amide bonds. The van der Waals surface area contributed by atoms with Crippen molar-refractivity contribution in [1.82, 2.24) is 4.90 Å². The summed E-state index contributed by atoms with van der Waals surface area (Å²) in [6.07, 6.45) is 2.41. The molecular weight excluding hydrogens is 566 g/mol. The molecule has 2 aliphatic rings. The van der Waals surface area contributed by atoms with E-state index < -0.39 is 24.0 Å². The van der Waals surface area contributed by atoms with Crippen LogP contribution in [0.2, 0.25) is 0 Å². The van der Waals surface area contributed by atoms with Crippen molar-refractivity contribution < 1.29 is 28.6 Å². The van der Waals surface area contributed by atoms with Crippen molar-refractivity contribution in [3.63, 3.8) is 0 Å². The van der Waals surface area contributed by atoms with E-state index in [0.29, 0.717) is 30.9 Å². The van der Waals surface area contributed by atoms with Gasteiger partial charge in [-0.25, -0.2) is 0 Å². The van der Waals surface area contributed by atoms with Crippen LogP contribution in [0.15, 0.2) is 47.8 Å². The number of benzene rings is 2. The quantitative estimate of drug-likeness (QED) is 0.163. The highest BCUT2D eigenvalue weighted by Gasteiger charge is 2.27. The lowest BCUT2D eigenvalue weighted by atomic mass is 10.0. The molecule has 3 aromatic rings. The molecule has 0 saturated carbocycles. The minimum Gasteiger partial charge on any atom is -0.494 e. The van der Waals surface area contributed by atoms with E-state index in [2.05, 4.69) is 39.4 Å². The number of fused-ring (bicyclic) bond motifs is 2. The Hall–Kier alpha value is -3.63. The number of thiophene rings is 1. The summed E-state index contributed by atoms with van der Waals surface area (Å²) in [5, 5.41) is 3.52. The lowest BCUT2D eigenvalue weighted by Gasteiger charge is -2.36. The third kappa shape index (κ3) is 8.26. The van der Waals surface area contributed by atoms with Gasteiger partial charge in [0.05, 0.1) is 12.3 Å². The fourth-order valence-electron chi connectivity index (χ4n) is 5.53. The number of hydrogen-bond acceptors (Lipinski definition) is 9. The number of unbranched alkanes of at least 4 members (excludes halogenated alkanes) is 1. The molecule has 10 heteroatoms. The van der Waals surface area contributed by atoms with Crippen LogP contribution >= 0.6 is 11.3 Å². The topological polar surface area (TPSA) is 88.6 Å². The molecule has 0 radical (unpaired) electrons. The highest BCUT2D eigenvalue weighted by Crippen LogP contribution is 2.32. The van der Waals surface area contributed by atoms with Gasteiger partial charge in [-0.2, -0.15) is 0 Å². The van der Waals surface area contributed by atoms with Crippen molar-refractivity contribution in [3.05, 3.63) is 53.4 Å². The van der Waals surface area contributed by atoms with Gasteiger partial charge in [0, 0.05) is 54.4 Å². The second-order valence-corrected chi connectivity index (χ2v) is 13.0. The number of piperazine rings is 1. The van der Waals surface area contributed by atoms with E-state index in [9.17, 15) is 14.4 Å². The van der Waals surface area contributed by atoms with E-state index in [-0.39, 0.29) is 12.6 Å². The summed E-state index contributed by atoms with van der Waals surface area (Å²) in [6, 6.07) is 14.5. The third-order valence-electron chi connectivity index (χ3n) is 7.64. The standard InChI is InChI=1S/C33H41N3O6S/c1-33(2,3)42-32(39)22-31(38)41-23-36-28-21-25(11-9-24(28)10-12-30(36)37)40-19-5-4-14-34-15-17-35(18-16-34)27-7-6-8-29-26(27)13-20-43-29/h6-9,11,13,20-21H,4-5,10,12,14-19,22-23H2,1-3H3. The number of hydrogen-bond donors (Lipinski definition) is 0. The van der Waals surface area contributed by atoms with Crippen LogP contribution in [-0.2, 0) is 30.3 Å². The summed E-state index contributed by atoms with van der Waals surface area (Å²) in [5.41, 5.74) is 2.32. The highest BCUT2D eigenvalue weighted by molar-refractivity contribution is 7.17. The lowest BCUT2D eigenvalue weighted by molar-refractivity contribution is -0.161. The Morgan fingerprint density at radius 2 is 1.74 bits per heavy atom. The monoisotopic (exact) mass is 607 g/mol. The second kappa shape index (κ2) is 13.8. The van der Waals surface area contributed by atoms with Crippen LogP contribution in [-0.4, -0.2) is 74.4 Å². The average molecular weight is 608 g/mol. The van der Waals surface area contributed by atoms with E-state index in [1.807, 2.05) is 18.2 Å². The van der Waals surface area contributed by atoms with Gasteiger partial charge in [-0.3, -0.25) is 24.2 Å². The van der Waals surface area contributed by atoms with Crippen LogP contribution in [0.5, 0.6) is 5.75 Å². The minimum absolute atomic E-state index is 0.137. The average Bonchev–Trinajstić information content (AvgIpc) is 3.45. The summed E-state index contributed by atoms with van der Waals surface area (Å²) in [6.45, 7) is 10.7. The molecule has 3 heterocycles. The predicted octanol–water partition coefficient (Wildman–Crippen LogP) is 5.39. The maximum atomic E-state index is 12.7. The number of ether oxygens (including phenoxy) is 3. The van der Waals surface area contributed by atoms with E-state index in [1.54, 1.807) is 32.1 Å². The van der Waals surface area contributed by atoms with Crippen molar-refractivity contribution in [3.8, 4) is 5.75 Å². The summed E-state index contributed by atoms with van der Waals surface area (Å²) >= 11 is 1.79. The number of nitrogens with zero attached hydrogens (tertiary/aromatic N) is 3. The molecule has 230 valence electrons. The molecular formula is C33H41N3O6S. The van der Waals surface area contributed by atoms with Gasteiger partial charge in [-0.15, -0.1) is 11.3 Å². The van der Waals surface area contributed by atoms with E-state index in [0.717, 1.165) is 51.1 Å². The molecule has 2 aliphatic heterocycles. The zero-order valence-electron chi connectivity index (χ0n) is 25.3. The number of carbonyl (C=O) groups is 3. The number of rotatable bonds is 11. The molecule has 0 unspecified atom stereocenters.